The van der Waals surface area contributed by atoms with Gasteiger partial charge in [0.25, 0.3) is 0 Å². The molecule has 1 amide bonds. The summed E-state index contributed by atoms with van der Waals surface area (Å²) in [5.74, 6) is 1.10. The van der Waals surface area contributed by atoms with Crippen molar-refractivity contribution in [1.29, 1.82) is 0 Å². The number of benzene rings is 1. The Bertz CT molecular complexity index is 490. The Morgan fingerprint density at radius 3 is 2.95 bits per heavy atom. The molecule has 0 radical (unpaired) electrons. The van der Waals surface area contributed by atoms with Crippen LogP contribution in [-0.2, 0) is 11.2 Å². The van der Waals surface area contributed by atoms with E-state index in [1.807, 2.05) is 32.3 Å². The normalized spacial score (nSPS) is 23.4. The molecule has 110 valence electrons. The highest BCUT2D eigenvalue weighted by atomic mass is 16.5. The Morgan fingerprint density at radius 1 is 1.50 bits per heavy atom. The van der Waals surface area contributed by atoms with Crippen LogP contribution < -0.4 is 15.8 Å². The quantitative estimate of drug-likeness (QED) is 0.788. The molecule has 1 aromatic carbocycles. The summed E-state index contributed by atoms with van der Waals surface area (Å²) >= 11 is 0. The van der Waals surface area contributed by atoms with Gasteiger partial charge in [0.15, 0.2) is 0 Å². The van der Waals surface area contributed by atoms with E-state index in [9.17, 15) is 4.79 Å². The number of hydrogen-bond donors (Lipinski definition) is 2. The molecule has 1 aliphatic rings. The average Bonchev–Trinajstić information content (AvgIpc) is 2.43. The van der Waals surface area contributed by atoms with Crippen LogP contribution in [0.25, 0.3) is 0 Å². The number of carbonyl (C=O) groups is 1. The lowest BCUT2D eigenvalue weighted by Gasteiger charge is -2.27. The van der Waals surface area contributed by atoms with Gasteiger partial charge < -0.3 is 20.7 Å². The second kappa shape index (κ2) is 6.13. The first-order valence-electron chi connectivity index (χ1n) is 6.95. The van der Waals surface area contributed by atoms with Gasteiger partial charge in [-0.2, -0.15) is 0 Å². The van der Waals surface area contributed by atoms with E-state index >= 15 is 0 Å². The number of likely N-dealkylation sites (N-methyl/N-ethyl adjacent to an activating group) is 2. The van der Waals surface area contributed by atoms with Gasteiger partial charge in [0.1, 0.15) is 11.9 Å². The van der Waals surface area contributed by atoms with Crippen LogP contribution in [0.1, 0.15) is 12.5 Å². The van der Waals surface area contributed by atoms with Crippen molar-refractivity contribution in [1.82, 2.24) is 10.2 Å². The predicted molar refractivity (Wildman–Crippen MR) is 79.7 cm³/mol. The highest BCUT2D eigenvalue weighted by molar-refractivity contribution is 5.79. The van der Waals surface area contributed by atoms with Crippen LogP contribution in [0.2, 0.25) is 0 Å². The summed E-state index contributed by atoms with van der Waals surface area (Å²) in [6, 6.07) is 5.50. The Morgan fingerprint density at radius 2 is 2.25 bits per heavy atom. The first-order chi connectivity index (χ1) is 9.51. The van der Waals surface area contributed by atoms with E-state index in [0.29, 0.717) is 18.7 Å². The smallest absolute Gasteiger partial charge is 0.226 e. The lowest BCUT2D eigenvalue weighted by molar-refractivity contribution is -0.129. The minimum atomic E-state index is 0.0238. The van der Waals surface area contributed by atoms with Crippen LogP contribution in [0.5, 0.6) is 5.75 Å². The number of hydrogen-bond acceptors (Lipinski definition) is 4. The number of anilines is 1. The van der Waals surface area contributed by atoms with Gasteiger partial charge in [-0.15, -0.1) is 0 Å². The molecule has 1 heterocycles. The molecule has 5 heteroatoms. The van der Waals surface area contributed by atoms with E-state index < -0.39 is 0 Å². The number of fused-ring (bicyclic) bond motifs is 1. The minimum absolute atomic E-state index is 0.0238. The molecule has 1 aromatic rings. The van der Waals surface area contributed by atoms with Gasteiger partial charge in [0.2, 0.25) is 5.91 Å². The maximum absolute atomic E-state index is 12.2. The lowest BCUT2D eigenvalue weighted by atomic mass is 10.0. The molecule has 0 saturated carbocycles. The Hall–Kier alpha value is -1.75. The van der Waals surface area contributed by atoms with E-state index in [0.717, 1.165) is 17.9 Å². The lowest BCUT2D eigenvalue weighted by Crippen LogP contribution is -2.41. The fourth-order valence-corrected chi connectivity index (χ4v) is 2.53. The van der Waals surface area contributed by atoms with Gasteiger partial charge in [-0.25, -0.2) is 0 Å². The molecule has 1 aliphatic heterocycles. The first kappa shape index (κ1) is 14.7. The van der Waals surface area contributed by atoms with E-state index in [1.54, 1.807) is 4.90 Å². The molecular formula is C15H23N3O2. The summed E-state index contributed by atoms with van der Waals surface area (Å²) < 4.78 is 6.12. The molecule has 0 aliphatic carbocycles. The second-order valence-electron chi connectivity index (χ2n) is 5.51. The molecule has 0 saturated heterocycles. The summed E-state index contributed by atoms with van der Waals surface area (Å²) in [5, 5.41) is 3.15. The molecule has 2 atom stereocenters. The summed E-state index contributed by atoms with van der Waals surface area (Å²) in [6.45, 7) is 3.54. The van der Waals surface area contributed by atoms with Gasteiger partial charge in [0.05, 0.1) is 6.42 Å². The maximum atomic E-state index is 12.2. The summed E-state index contributed by atoms with van der Waals surface area (Å²) in [6.07, 6.45) is 0.353. The van der Waals surface area contributed by atoms with E-state index in [1.165, 1.54) is 0 Å². The van der Waals surface area contributed by atoms with Crippen molar-refractivity contribution in [3.63, 3.8) is 0 Å². The highest BCUT2D eigenvalue weighted by Crippen LogP contribution is 2.26. The number of nitrogen functional groups attached to an aromatic ring is 1. The number of ether oxygens (including phenoxy) is 1. The minimum Gasteiger partial charge on any atom is -0.488 e. The third-order valence-corrected chi connectivity index (χ3v) is 3.73. The predicted octanol–water partition coefficient (Wildman–Crippen LogP) is 0.886. The summed E-state index contributed by atoms with van der Waals surface area (Å²) in [4.78, 5) is 14.0. The number of nitrogens with two attached hydrogens (primary N) is 1. The van der Waals surface area contributed by atoms with Gasteiger partial charge >= 0.3 is 0 Å². The molecular weight excluding hydrogens is 254 g/mol. The number of nitrogens with one attached hydrogen (secondary N) is 1. The third-order valence-electron chi connectivity index (χ3n) is 3.73. The highest BCUT2D eigenvalue weighted by Gasteiger charge is 2.26. The molecule has 3 N–H and O–H groups in total. The Labute approximate surface area is 120 Å². The van der Waals surface area contributed by atoms with Crippen LogP contribution >= 0.6 is 0 Å². The largest absolute Gasteiger partial charge is 0.488 e. The van der Waals surface area contributed by atoms with Crippen LogP contribution in [0.4, 0.5) is 5.69 Å². The van der Waals surface area contributed by atoms with E-state index in [4.69, 9.17) is 10.5 Å². The van der Waals surface area contributed by atoms with Crippen LogP contribution in [0.15, 0.2) is 18.2 Å². The standard InChI is InChI=1S/C15H23N3O2/c1-10-9-18(3)15(19)7-11-6-12(16)4-5-13(11)20-14(10)8-17-2/h4-6,10,14,17H,7-9,16H2,1-3H3/t10-,14+/m0/s1. The van der Waals surface area contributed by atoms with Gasteiger partial charge in [-0.05, 0) is 25.2 Å². The van der Waals surface area contributed by atoms with Crippen molar-refractivity contribution in [2.24, 2.45) is 5.92 Å². The van der Waals surface area contributed by atoms with E-state index in [-0.39, 0.29) is 17.9 Å². The van der Waals surface area contributed by atoms with Crippen molar-refractivity contribution in [2.45, 2.75) is 19.4 Å². The first-order valence-corrected chi connectivity index (χ1v) is 6.95. The SMILES string of the molecule is CNC[C@H]1Oc2ccc(N)cc2CC(=O)N(C)C[C@@H]1C. The van der Waals surface area contributed by atoms with Crippen molar-refractivity contribution in [3.05, 3.63) is 23.8 Å². The molecule has 0 aromatic heterocycles. The fraction of sp³-hybridized carbons (Fsp3) is 0.533. The van der Waals surface area contributed by atoms with E-state index in [2.05, 4.69) is 12.2 Å². The zero-order valence-corrected chi connectivity index (χ0v) is 12.3. The van der Waals surface area contributed by atoms with Gasteiger partial charge in [-0.3, -0.25) is 4.79 Å². The zero-order chi connectivity index (χ0) is 14.7. The van der Waals surface area contributed by atoms with Crippen molar-refractivity contribution < 1.29 is 9.53 Å². The fourth-order valence-electron chi connectivity index (χ4n) is 2.53. The molecule has 0 bridgehead atoms. The third kappa shape index (κ3) is 3.22. The molecule has 0 unspecified atom stereocenters. The van der Waals surface area contributed by atoms with Crippen molar-refractivity contribution >= 4 is 11.6 Å². The molecule has 20 heavy (non-hydrogen) atoms. The number of carbonyl (C=O) groups excluding carboxylic acids is 1. The van der Waals surface area contributed by atoms with Crippen molar-refractivity contribution in [3.8, 4) is 5.75 Å². The molecule has 0 fully saturated rings. The van der Waals surface area contributed by atoms with Crippen LogP contribution in [0, 0.1) is 5.92 Å². The number of amides is 1. The monoisotopic (exact) mass is 277 g/mol. The summed E-state index contributed by atoms with van der Waals surface area (Å²) in [5.41, 5.74) is 7.33. The molecule has 5 nitrogen and oxygen atoms in total. The maximum Gasteiger partial charge on any atom is 0.226 e. The van der Waals surface area contributed by atoms with Gasteiger partial charge in [-0.1, -0.05) is 6.92 Å². The Balaban J connectivity index is 2.37. The average molecular weight is 277 g/mol. The second-order valence-corrected chi connectivity index (χ2v) is 5.51. The Kier molecular flexibility index (Phi) is 4.49. The van der Waals surface area contributed by atoms with Crippen LogP contribution in [0.3, 0.4) is 0 Å². The molecule has 0 spiro atoms. The number of nitrogens with zero attached hydrogens (tertiary/aromatic N) is 1. The van der Waals surface area contributed by atoms with Crippen molar-refractivity contribution in [2.75, 3.05) is 32.9 Å². The van der Waals surface area contributed by atoms with Gasteiger partial charge in [0, 0.05) is 37.3 Å². The van der Waals surface area contributed by atoms with Crippen LogP contribution in [-0.4, -0.2) is 44.1 Å². The zero-order valence-electron chi connectivity index (χ0n) is 12.3. The topological polar surface area (TPSA) is 67.6 Å². The molecule has 2 rings (SSSR count). The summed E-state index contributed by atoms with van der Waals surface area (Å²) in [7, 11) is 3.74. The number of rotatable bonds is 2.